The molecule has 0 saturated heterocycles. The third-order valence-electron chi connectivity index (χ3n) is 27.7. The fourth-order valence-electron chi connectivity index (χ4n) is 19.5. The molecular formula is C119H164O21. The van der Waals surface area contributed by atoms with Gasteiger partial charge < -0.3 is 104 Å². The molecule has 0 amide bonds. The van der Waals surface area contributed by atoms with Crippen LogP contribution in [-0.4, -0.2) is 142 Å². The first-order valence-corrected chi connectivity index (χ1v) is 50.9. The zero-order valence-corrected chi connectivity index (χ0v) is 87.7. The largest absolute Gasteiger partial charge is 0.507 e. The number of ether oxygens (including phenoxy) is 9. The maximum Gasteiger partial charge on any atom is 0.126 e. The Morgan fingerprint density at radius 3 is 0.871 bits per heavy atom. The highest BCUT2D eigenvalue weighted by molar-refractivity contribution is 5.65. The summed E-state index contributed by atoms with van der Waals surface area (Å²) in [6.45, 7) is 42.7. The number of unbranched alkanes of at least 4 members (excludes halogenated alkanes) is 3. The van der Waals surface area contributed by atoms with Gasteiger partial charge in [-0.25, -0.2) is 0 Å². The summed E-state index contributed by atoms with van der Waals surface area (Å²) in [5.41, 5.74) is 26.3. The second-order valence-electron chi connectivity index (χ2n) is 37.0. The molecule has 21 nitrogen and oxygen atoms in total. The van der Waals surface area contributed by atoms with Crippen LogP contribution in [0.2, 0.25) is 0 Å². The number of methoxy groups -OCH3 is 3. The highest BCUT2D eigenvalue weighted by atomic mass is 16.5. The van der Waals surface area contributed by atoms with Crippen molar-refractivity contribution >= 4 is 0 Å². The van der Waals surface area contributed by atoms with E-state index in [4.69, 9.17) is 42.6 Å². The van der Waals surface area contributed by atoms with Crippen LogP contribution in [0.4, 0.5) is 0 Å². The van der Waals surface area contributed by atoms with Crippen molar-refractivity contribution in [2.75, 3.05) is 80.8 Å². The van der Waals surface area contributed by atoms with Crippen LogP contribution in [0.3, 0.4) is 0 Å². The molecule has 0 radical (unpaired) electrons. The lowest BCUT2D eigenvalue weighted by molar-refractivity contribution is 0.111. The molecule has 0 fully saturated rings. The molecule has 0 aromatic heterocycles. The van der Waals surface area contributed by atoms with Gasteiger partial charge in [0.05, 0.1) is 59.5 Å². The molecule has 0 spiro atoms. The lowest BCUT2D eigenvalue weighted by Gasteiger charge is -2.37. The van der Waals surface area contributed by atoms with Gasteiger partial charge in [0.25, 0.3) is 0 Å². The first-order valence-electron chi connectivity index (χ1n) is 50.9. The van der Waals surface area contributed by atoms with E-state index in [0.29, 0.717) is 174 Å². The van der Waals surface area contributed by atoms with Crippen LogP contribution in [0.1, 0.15) is 339 Å². The molecule has 10 aromatic rings. The maximum atomic E-state index is 11.4. The molecule has 0 bridgehead atoms. The van der Waals surface area contributed by atoms with E-state index in [2.05, 4.69) is 183 Å². The maximum absolute atomic E-state index is 11.4. The highest BCUT2D eigenvalue weighted by Gasteiger charge is 2.39. The van der Waals surface area contributed by atoms with Crippen molar-refractivity contribution in [1.29, 1.82) is 0 Å². The van der Waals surface area contributed by atoms with E-state index in [-0.39, 0.29) is 112 Å². The average Bonchev–Trinajstić information content (AvgIpc) is 0.737. The topological polar surface area (TPSA) is 326 Å². The molecule has 140 heavy (non-hydrogen) atoms. The fourth-order valence-corrected chi connectivity index (χ4v) is 19.5. The third-order valence-corrected chi connectivity index (χ3v) is 27.7. The van der Waals surface area contributed by atoms with Crippen molar-refractivity contribution in [1.82, 2.24) is 0 Å². The van der Waals surface area contributed by atoms with Crippen LogP contribution in [0, 0.1) is 20.8 Å². The van der Waals surface area contributed by atoms with E-state index in [1.54, 1.807) is 21.3 Å². The van der Waals surface area contributed by atoms with E-state index >= 15 is 0 Å². The summed E-state index contributed by atoms with van der Waals surface area (Å²) in [5.74, 6) is 1.57. The summed E-state index contributed by atoms with van der Waals surface area (Å²) in [4.78, 5) is 0. The first-order chi connectivity index (χ1) is 67.4. The highest BCUT2D eigenvalue weighted by Crippen LogP contribution is 2.51. The van der Waals surface area contributed by atoms with Gasteiger partial charge in [0.15, 0.2) is 0 Å². The van der Waals surface area contributed by atoms with E-state index in [1.165, 1.54) is 0 Å². The zero-order chi connectivity index (χ0) is 103. The van der Waals surface area contributed by atoms with Gasteiger partial charge in [-0.05, 0) is 302 Å². The SMILES string of the molecule is CCC(c1ccc(C(C)(C)c2cc(CCO)c(O)c(COC)c2)cc1)(c1cc(CCO)c(O)c(CCO)c1)c1cc(COC)c(O)c(COC)c1.CCCCOCc1cc(C(c2cc(CC)c(O)c(CC)c2)c2cc(COCCCC)c(O)c(COCCCC)c2)cc(CC)c1O.CCOCc1cc(C(c2cc(CC)c(O)c(CC)c2C)c2cc(COCC)c(O)c(COCC)c2C)c(C)c(CC)c1O. The van der Waals surface area contributed by atoms with Crippen molar-refractivity contribution in [3.63, 3.8) is 0 Å². The summed E-state index contributed by atoms with van der Waals surface area (Å²) in [6.07, 6.45) is 11.5. The Labute approximate surface area is 834 Å². The minimum Gasteiger partial charge on any atom is -0.507 e. The quantitative estimate of drug-likeness (QED) is 0.0124. The number of aliphatic hydroxyl groups excluding tert-OH is 3. The molecule has 10 rings (SSSR count). The minimum absolute atomic E-state index is 0.0668. The lowest BCUT2D eigenvalue weighted by atomic mass is 9.65. The molecule has 3 atom stereocenters. The Kier molecular flexibility index (Phi) is 46.6. The Balaban J connectivity index is 0.000000258. The number of phenols is 9. The molecule has 3 unspecified atom stereocenters. The number of aryl methyl sites for hydroxylation is 4. The summed E-state index contributed by atoms with van der Waals surface area (Å²) < 4.78 is 51.9. The summed E-state index contributed by atoms with van der Waals surface area (Å²) >= 11 is 0. The lowest BCUT2D eigenvalue weighted by Crippen LogP contribution is -2.30. The van der Waals surface area contributed by atoms with E-state index in [9.17, 15) is 61.3 Å². The Hall–Kier alpha value is -10.1. The predicted octanol–water partition coefficient (Wildman–Crippen LogP) is 23.7. The fraction of sp³-hybridized carbons (Fsp3) is 0.496. The van der Waals surface area contributed by atoms with Crippen molar-refractivity contribution in [2.45, 2.75) is 309 Å². The van der Waals surface area contributed by atoms with Crippen molar-refractivity contribution in [2.24, 2.45) is 0 Å². The van der Waals surface area contributed by atoms with Gasteiger partial charge in [0.1, 0.15) is 51.7 Å². The molecule has 766 valence electrons. The van der Waals surface area contributed by atoms with Crippen molar-refractivity contribution in [3.05, 3.63) is 293 Å². The van der Waals surface area contributed by atoms with Gasteiger partial charge in [-0.1, -0.05) is 169 Å². The Bertz CT molecular complexity index is 5410. The minimum atomic E-state index is -0.804. The molecule has 0 aliphatic heterocycles. The van der Waals surface area contributed by atoms with E-state index in [0.717, 1.165) is 178 Å². The Morgan fingerprint density at radius 2 is 0.529 bits per heavy atom. The van der Waals surface area contributed by atoms with Gasteiger partial charge in [0.2, 0.25) is 0 Å². The van der Waals surface area contributed by atoms with Gasteiger partial charge in [-0.2, -0.15) is 0 Å². The molecule has 0 saturated carbocycles. The molecule has 12 N–H and O–H groups in total. The summed E-state index contributed by atoms with van der Waals surface area (Å²) in [6, 6.07) is 38.9. The van der Waals surface area contributed by atoms with Gasteiger partial charge in [-0.3, -0.25) is 0 Å². The van der Waals surface area contributed by atoms with Crippen LogP contribution in [0.15, 0.2) is 115 Å². The van der Waals surface area contributed by atoms with Crippen LogP contribution in [0.5, 0.6) is 51.7 Å². The summed E-state index contributed by atoms with van der Waals surface area (Å²) in [7, 11) is 4.74. The second kappa shape index (κ2) is 56.7. The van der Waals surface area contributed by atoms with E-state index in [1.807, 2.05) is 57.2 Å². The smallest absolute Gasteiger partial charge is 0.126 e. The van der Waals surface area contributed by atoms with Crippen molar-refractivity contribution in [3.8, 4) is 51.7 Å². The third kappa shape index (κ3) is 27.7. The van der Waals surface area contributed by atoms with E-state index < -0.39 is 10.8 Å². The normalized spacial score (nSPS) is 12.5. The summed E-state index contributed by atoms with van der Waals surface area (Å²) in [5, 5.41) is 130. The predicted molar refractivity (Wildman–Crippen MR) is 558 cm³/mol. The number of benzene rings is 10. The van der Waals surface area contributed by atoms with Crippen LogP contribution >= 0.6 is 0 Å². The first kappa shape index (κ1) is 115. The second-order valence-corrected chi connectivity index (χ2v) is 37.0. The average molecular weight is 1930 g/mol. The van der Waals surface area contributed by atoms with Crippen molar-refractivity contribution < 1.29 is 104 Å². The van der Waals surface area contributed by atoms with Gasteiger partial charge >= 0.3 is 0 Å². The Morgan fingerprint density at radius 1 is 0.264 bits per heavy atom. The van der Waals surface area contributed by atoms with Crippen LogP contribution in [-0.2, 0) is 171 Å². The molecule has 0 aliphatic carbocycles. The molecule has 10 aromatic carbocycles. The zero-order valence-electron chi connectivity index (χ0n) is 87.7. The number of hydrogen-bond donors (Lipinski definition) is 12. The van der Waals surface area contributed by atoms with Crippen LogP contribution < -0.4 is 0 Å². The van der Waals surface area contributed by atoms with Crippen LogP contribution in [0.25, 0.3) is 0 Å². The number of phenolic OH excluding ortho intramolecular Hbond substituents is 9. The molecule has 0 aliphatic rings. The molecule has 21 heteroatoms. The standard InChI is InChI=1S/C42H54O9.C40H58O6.C37H52O6/c1-7-42(36-19-28(13-16-44)38(46)29(20-36)14-17-45,37-22-31(25-50-5)40(48)32(23-37)26-51-6)34-10-8-33(9-11-34)41(2,3)35-18-27(12-15-43)39(47)30(21-35)24-49-4;1-7-13-16-44-25-34-22-32(21-30(12-6)39(34)42)37(31-19-28(10-4)38(41)29(11-5)20-31)33-23-35(26-45-17-14-8-2)40(43)36(24-33)27-46-18-15-9-3;1-10-25-16-30(22(7)28(11-2)35(25)38)34(31-17-26(19-41-13-4)36(39)29(12-3)23(31)8)32-18-27(20-42-14-5)37(40)33(24(32)9)21-43-15-6/h8-11,18-23,43-48H,7,12-17,24-26H2,1-6H3;19-24,37,41-43H,7-18,25-27H2,1-6H3;16-18,34,38-40H,10-15,19-21H2,1-9H3. The number of aliphatic hydroxyl groups is 3. The van der Waals surface area contributed by atoms with Gasteiger partial charge in [0, 0.05) is 154 Å². The number of hydrogen-bond acceptors (Lipinski definition) is 21. The van der Waals surface area contributed by atoms with Gasteiger partial charge in [-0.15, -0.1) is 0 Å². The number of aromatic hydroxyl groups is 9. The molecule has 0 heterocycles. The number of rotatable bonds is 54. The molecular weight excluding hydrogens is 1770 g/mol. The monoisotopic (exact) mass is 1930 g/mol.